The average Bonchev–Trinajstić information content (AvgIpc) is 2.53. The van der Waals surface area contributed by atoms with Gasteiger partial charge in [0.25, 0.3) is 11.5 Å². The van der Waals surface area contributed by atoms with Crippen LogP contribution < -0.4 is 10.9 Å². The first-order valence-corrected chi connectivity index (χ1v) is 9.82. The van der Waals surface area contributed by atoms with Gasteiger partial charge in [-0.3, -0.25) is 9.59 Å². The molecule has 6 rings (SSSR count). The van der Waals surface area contributed by atoms with E-state index < -0.39 is 5.56 Å². The number of pyridine rings is 1. The molecule has 1 heterocycles. The van der Waals surface area contributed by atoms with Gasteiger partial charge >= 0.3 is 0 Å². The van der Waals surface area contributed by atoms with E-state index in [1.165, 1.54) is 19.3 Å². The van der Waals surface area contributed by atoms with Crippen LogP contribution in [0.4, 0.5) is 0 Å². The molecular formula is C20H26N2O3. The molecule has 5 aliphatic carbocycles. The van der Waals surface area contributed by atoms with Crippen LogP contribution in [0.25, 0.3) is 0 Å². The third-order valence-corrected chi connectivity index (χ3v) is 7.13. The van der Waals surface area contributed by atoms with Gasteiger partial charge in [0, 0.05) is 16.8 Å². The van der Waals surface area contributed by atoms with Gasteiger partial charge in [0.2, 0.25) is 0 Å². The number of hydrogen-bond acceptors (Lipinski definition) is 3. The highest BCUT2D eigenvalue weighted by molar-refractivity contribution is 5.97. The molecule has 25 heavy (non-hydrogen) atoms. The quantitative estimate of drug-likeness (QED) is 0.773. The van der Waals surface area contributed by atoms with Crippen LogP contribution in [0.2, 0.25) is 0 Å². The fraction of sp³-hybridized carbons (Fsp3) is 0.700. The van der Waals surface area contributed by atoms with Gasteiger partial charge in [-0.05, 0) is 82.0 Å². The summed E-state index contributed by atoms with van der Waals surface area (Å²) in [6, 6.07) is 0. The van der Waals surface area contributed by atoms with Crippen molar-refractivity contribution in [3.63, 3.8) is 0 Å². The van der Waals surface area contributed by atoms with Crippen LogP contribution in [0.5, 0.6) is 5.75 Å². The standard InChI is InChI=1S/C20H26N2O3/c23-17-14-3-1-2-4-15(14)21-18(24)16(17)19(25)22-20-8-11-5-12(9-20)7-13(6-11)10-20/h11-13H,1-10H2,(H,22,25)(H2,21,23,24). The fourth-order valence-electron chi connectivity index (χ4n) is 6.54. The van der Waals surface area contributed by atoms with Crippen molar-refractivity contribution in [3.05, 3.63) is 27.2 Å². The summed E-state index contributed by atoms with van der Waals surface area (Å²) in [6.07, 6.45) is 10.5. The molecule has 0 unspecified atom stereocenters. The second-order valence-electron chi connectivity index (χ2n) is 8.99. The molecule has 4 fully saturated rings. The highest BCUT2D eigenvalue weighted by atomic mass is 16.3. The summed E-state index contributed by atoms with van der Waals surface area (Å²) >= 11 is 0. The molecule has 0 saturated heterocycles. The minimum absolute atomic E-state index is 0.0728. The lowest BCUT2D eigenvalue weighted by Gasteiger charge is -2.56. The summed E-state index contributed by atoms with van der Waals surface area (Å²) in [5.41, 5.74) is 0.902. The number of rotatable bonds is 2. The Kier molecular flexibility index (Phi) is 3.32. The van der Waals surface area contributed by atoms with Crippen LogP contribution in [-0.4, -0.2) is 21.5 Å². The maximum atomic E-state index is 13.0. The Bertz CT molecular complexity index is 760. The zero-order valence-electron chi connectivity index (χ0n) is 14.6. The highest BCUT2D eigenvalue weighted by Crippen LogP contribution is 2.55. The summed E-state index contributed by atoms with van der Waals surface area (Å²) in [6.45, 7) is 0. The topological polar surface area (TPSA) is 82.2 Å². The number of nitrogens with one attached hydrogen (secondary N) is 2. The molecule has 0 atom stereocenters. The van der Waals surface area contributed by atoms with E-state index in [1.807, 2.05) is 0 Å². The molecule has 5 nitrogen and oxygen atoms in total. The second-order valence-corrected chi connectivity index (χ2v) is 8.99. The number of aromatic hydroxyl groups is 1. The van der Waals surface area contributed by atoms with Crippen molar-refractivity contribution < 1.29 is 9.90 Å². The number of aromatic amines is 1. The summed E-state index contributed by atoms with van der Waals surface area (Å²) in [5.74, 6) is 1.71. The van der Waals surface area contributed by atoms with Gasteiger partial charge in [0.15, 0.2) is 0 Å². The minimum atomic E-state index is -0.444. The lowest BCUT2D eigenvalue weighted by atomic mass is 9.53. The van der Waals surface area contributed by atoms with Crippen LogP contribution in [0, 0.1) is 17.8 Å². The average molecular weight is 342 g/mol. The highest BCUT2D eigenvalue weighted by Gasteiger charge is 2.51. The van der Waals surface area contributed by atoms with Crippen molar-refractivity contribution >= 4 is 5.91 Å². The van der Waals surface area contributed by atoms with Crippen LogP contribution in [-0.2, 0) is 12.8 Å². The number of aryl methyl sites for hydroxylation is 1. The fourth-order valence-corrected chi connectivity index (χ4v) is 6.54. The zero-order chi connectivity index (χ0) is 17.2. The Morgan fingerprint density at radius 2 is 1.64 bits per heavy atom. The van der Waals surface area contributed by atoms with E-state index in [2.05, 4.69) is 10.3 Å². The number of hydrogen-bond donors (Lipinski definition) is 3. The third kappa shape index (κ3) is 2.42. The first-order chi connectivity index (χ1) is 12.0. The van der Waals surface area contributed by atoms with Crippen LogP contribution >= 0.6 is 0 Å². The van der Waals surface area contributed by atoms with E-state index >= 15 is 0 Å². The minimum Gasteiger partial charge on any atom is -0.507 e. The van der Waals surface area contributed by atoms with E-state index in [1.54, 1.807) is 0 Å². The Morgan fingerprint density at radius 1 is 1.04 bits per heavy atom. The normalized spacial score (nSPS) is 35.4. The van der Waals surface area contributed by atoms with E-state index in [9.17, 15) is 14.7 Å². The third-order valence-electron chi connectivity index (χ3n) is 7.13. The van der Waals surface area contributed by atoms with Gasteiger partial charge < -0.3 is 15.4 Å². The molecule has 4 saturated carbocycles. The molecule has 4 bridgehead atoms. The van der Waals surface area contributed by atoms with Crippen molar-refractivity contribution in [3.8, 4) is 5.75 Å². The van der Waals surface area contributed by atoms with Gasteiger partial charge in [0.05, 0.1) is 0 Å². The number of fused-ring (bicyclic) bond motifs is 1. The summed E-state index contributed by atoms with van der Waals surface area (Å²) in [4.78, 5) is 28.3. The SMILES string of the molecule is O=C(NC12CC3CC(CC(C3)C1)C2)c1c(O)c2c([nH]c1=O)CCCC2. The van der Waals surface area contributed by atoms with Gasteiger partial charge in [0.1, 0.15) is 11.3 Å². The van der Waals surface area contributed by atoms with Crippen LogP contribution in [0.3, 0.4) is 0 Å². The van der Waals surface area contributed by atoms with Crippen molar-refractivity contribution in [2.75, 3.05) is 0 Å². The van der Waals surface area contributed by atoms with E-state index in [0.717, 1.165) is 74.0 Å². The molecule has 134 valence electrons. The van der Waals surface area contributed by atoms with Crippen molar-refractivity contribution in [1.29, 1.82) is 0 Å². The maximum absolute atomic E-state index is 13.0. The smallest absolute Gasteiger partial charge is 0.264 e. The molecule has 3 N–H and O–H groups in total. The van der Waals surface area contributed by atoms with Crippen molar-refractivity contribution in [2.24, 2.45) is 17.8 Å². The zero-order valence-corrected chi connectivity index (χ0v) is 14.6. The predicted molar refractivity (Wildman–Crippen MR) is 93.7 cm³/mol. The molecule has 1 aromatic heterocycles. The molecule has 0 radical (unpaired) electrons. The van der Waals surface area contributed by atoms with Gasteiger partial charge in [-0.25, -0.2) is 0 Å². The summed E-state index contributed by atoms with van der Waals surface area (Å²) in [7, 11) is 0. The maximum Gasteiger partial charge on any atom is 0.264 e. The number of carbonyl (C=O) groups excluding carboxylic acids is 1. The molecular weight excluding hydrogens is 316 g/mol. The van der Waals surface area contributed by atoms with Crippen molar-refractivity contribution in [2.45, 2.75) is 69.7 Å². The Labute approximate surface area is 147 Å². The molecule has 0 spiro atoms. The Morgan fingerprint density at radius 3 is 2.28 bits per heavy atom. The monoisotopic (exact) mass is 342 g/mol. The van der Waals surface area contributed by atoms with E-state index in [-0.39, 0.29) is 22.8 Å². The summed E-state index contributed by atoms with van der Waals surface area (Å²) in [5, 5.41) is 13.8. The largest absolute Gasteiger partial charge is 0.507 e. The lowest BCUT2D eigenvalue weighted by Crippen LogP contribution is -2.60. The number of H-pyrrole nitrogens is 1. The second kappa shape index (κ2) is 5.36. The number of amides is 1. The van der Waals surface area contributed by atoms with E-state index in [0.29, 0.717) is 0 Å². The Hall–Kier alpha value is -1.78. The van der Waals surface area contributed by atoms with Crippen molar-refractivity contribution in [1.82, 2.24) is 10.3 Å². The first kappa shape index (κ1) is 15.5. The number of aromatic nitrogens is 1. The van der Waals surface area contributed by atoms with Crippen LogP contribution in [0.15, 0.2) is 4.79 Å². The molecule has 0 aliphatic heterocycles. The van der Waals surface area contributed by atoms with Gasteiger partial charge in [-0.1, -0.05) is 0 Å². The molecule has 5 heteroatoms. The van der Waals surface area contributed by atoms with Crippen LogP contribution in [0.1, 0.15) is 73.0 Å². The molecule has 0 aromatic carbocycles. The number of carbonyl (C=O) groups is 1. The Balaban J connectivity index is 1.46. The molecule has 5 aliphatic rings. The molecule has 1 aromatic rings. The lowest BCUT2D eigenvalue weighted by molar-refractivity contribution is -0.0167. The molecule has 1 amide bonds. The van der Waals surface area contributed by atoms with Gasteiger partial charge in [-0.15, -0.1) is 0 Å². The predicted octanol–water partition coefficient (Wildman–Crippen LogP) is 2.66. The van der Waals surface area contributed by atoms with Gasteiger partial charge in [-0.2, -0.15) is 0 Å². The first-order valence-electron chi connectivity index (χ1n) is 9.82. The van der Waals surface area contributed by atoms with E-state index in [4.69, 9.17) is 0 Å². The summed E-state index contributed by atoms with van der Waals surface area (Å²) < 4.78 is 0.